The van der Waals surface area contributed by atoms with E-state index >= 15 is 0 Å². The normalized spacial score (nSPS) is 11.0. The minimum atomic E-state index is 0.161. The molecule has 18 heavy (non-hydrogen) atoms. The van der Waals surface area contributed by atoms with Crippen LogP contribution in [0.1, 0.15) is 32.3 Å². The van der Waals surface area contributed by atoms with Gasteiger partial charge in [0.15, 0.2) is 0 Å². The van der Waals surface area contributed by atoms with Crippen molar-refractivity contribution in [2.75, 3.05) is 12.4 Å². The second-order valence-corrected chi connectivity index (χ2v) is 4.95. The van der Waals surface area contributed by atoms with E-state index in [4.69, 9.17) is 10.00 Å². The Labute approximate surface area is 115 Å². The first kappa shape index (κ1) is 14.9. The van der Waals surface area contributed by atoms with Gasteiger partial charge in [0.05, 0.1) is 19.1 Å². The summed E-state index contributed by atoms with van der Waals surface area (Å²) in [6, 6.07) is 9.89. The van der Waals surface area contributed by atoms with E-state index < -0.39 is 0 Å². The molecule has 0 unspecified atom stereocenters. The van der Waals surface area contributed by atoms with E-state index in [0.717, 1.165) is 29.9 Å². The van der Waals surface area contributed by atoms with Crippen LogP contribution in [0.5, 0.6) is 5.75 Å². The summed E-state index contributed by atoms with van der Waals surface area (Å²) in [6.45, 7) is 5.05. The van der Waals surface area contributed by atoms with E-state index in [2.05, 4.69) is 32.5 Å². The fourth-order valence-corrected chi connectivity index (χ4v) is 2.29. The Morgan fingerprint density at radius 3 is 2.28 bits per heavy atom. The molecule has 0 aliphatic heterocycles. The molecule has 0 spiro atoms. The lowest BCUT2D eigenvalue weighted by atomic mass is 9.85. The summed E-state index contributed by atoms with van der Waals surface area (Å²) >= 11 is 4.44. The highest BCUT2D eigenvalue weighted by atomic mass is 32.1. The average Bonchev–Trinajstić information content (AvgIpc) is 2.43. The van der Waals surface area contributed by atoms with Crippen molar-refractivity contribution in [1.29, 1.82) is 5.26 Å². The van der Waals surface area contributed by atoms with Crippen LogP contribution in [0.4, 0.5) is 0 Å². The summed E-state index contributed by atoms with van der Waals surface area (Å²) in [5.74, 6) is 1.71. The molecule has 1 rings (SSSR count). The molecule has 0 N–H and O–H groups in total. The van der Waals surface area contributed by atoms with Crippen molar-refractivity contribution in [3.8, 4) is 11.8 Å². The lowest BCUT2D eigenvalue weighted by Crippen LogP contribution is -2.29. The number of nitrogens with zero attached hydrogens (tertiary/aromatic N) is 1. The SMILES string of the molecule is CCC(CC)(CS)COc1ccc(CC#N)cc1. The maximum absolute atomic E-state index is 8.61. The highest BCUT2D eigenvalue weighted by Gasteiger charge is 2.25. The number of benzene rings is 1. The van der Waals surface area contributed by atoms with Gasteiger partial charge in [0.2, 0.25) is 0 Å². The Bertz CT molecular complexity index is 382. The molecular formula is C15H21NOS. The predicted octanol–water partition coefficient (Wildman–Crippen LogP) is 3.87. The molecule has 0 radical (unpaired) electrons. The van der Waals surface area contributed by atoms with Crippen LogP contribution in [0.2, 0.25) is 0 Å². The minimum Gasteiger partial charge on any atom is -0.493 e. The van der Waals surface area contributed by atoms with Gasteiger partial charge < -0.3 is 4.74 Å². The summed E-state index contributed by atoms with van der Waals surface area (Å²) < 4.78 is 5.85. The van der Waals surface area contributed by atoms with Crippen molar-refractivity contribution in [1.82, 2.24) is 0 Å². The van der Waals surface area contributed by atoms with Crippen LogP contribution < -0.4 is 4.74 Å². The van der Waals surface area contributed by atoms with Crippen molar-refractivity contribution in [3.05, 3.63) is 29.8 Å². The standard InChI is InChI=1S/C15H21NOS/c1-3-15(4-2,12-18)11-17-14-7-5-13(6-8-14)9-10-16/h5-8,18H,3-4,9,11-12H2,1-2H3. The van der Waals surface area contributed by atoms with Crippen molar-refractivity contribution >= 4 is 12.6 Å². The van der Waals surface area contributed by atoms with Crippen molar-refractivity contribution < 1.29 is 4.74 Å². The molecular weight excluding hydrogens is 242 g/mol. The molecule has 0 fully saturated rings. The van der Waals surface area contributed by atoms with Gasteiger partial charge in [-0.05, 0) is 36.3 Å². The van der Waals surface area contributed by atoms with Crippen LogP contribution in [0, 0.1) is 16.7 Å². The predicted molar refractivity (Wildman–Crippen MR) is 78.1 cm³/mol. The average molecular weight is 263 g/mol. The Balaban J connectivity index is 2.60. The topological polar surface area (TPSA) is 33.0 Å². The second kappa shape index (κ2) is 7.33. The van der Waals surface area contributed by atoms with Gasteiger partial charge in [0, 0.05) is 5.41 Å². The van der Waals surface area contributed by atoms with E-state index in [-0.39, 0.29) is 5.41 Å². The van der Waals surface area contributed by atoms with Gasteiger partial charge in [-0.2, -0.15) is 17.9 Å². The Hall–Kier alpha value is -1.14. The minimum absolute atomic E-state index is 0.161. The molecule has 98 valence electrons. The van der Waals surface area contributed by atoms with E-state index in [0.29, 0.717) is 13.0 Å². The second-order valence-electron chi connectivity index (χ2n) is 4.63. The maximum Gasteiger partial charge on any atom is 0.119 e. The smallest absolute Gasteiger partial charge is 0.119 e. The zero-order chi connectivity index (χ0) is 13.4. The number of hydrogen-bond acceptors (Lipinski definition) is 3. The Morgan fingerprint density at radius 2 is 1.83 bits per heavy atom. The Kier molecular flexibility index (Phi) is 6.07. The summed E-state index contributed by atoms with van der Waals surface area (Å²) in [5.41, 5.74) is 1.19. The van der Waals surface area contributed by atoms with Crippen LogP contribution in [0.3, 0.4) is 0 Å². The van der Waals surface area contributed by atoms with Crippen molar-refractivity contribution in [2.24, 2.45) is 5.41 Å². The lowest BCUT2D eigenvalue weighted by molar-refractivity contribution is 0.157. The summed E-state index contributed by atoms with van der Waals surface area (Å²) in [6.07, 6.45) is 2.59. The summed E-state index contributed by atoms with van der Waals surface area (Å²) in [4.78, 5) is 0. The number of thiol groups is 1. The van der Waals surface area contributed by atoms with E-state index in [1.165, 1.54) is 0 Å². The summed E-state index contributed by atoms with van der Waals surface area (Å²) in [7, 11) is 0. The van der Waals surface area contributed by atoms with Crippen LogP contribution in [0.15, 0.2) is 24.3 Å². The maximum atomic E-state index is 8.61. The highest BCUT2D eigenvalue weighted by Crippen LogP contribution is 2.29. The molecule has 1 aromatic carbocycles. The first-order valence-electron chi connectivity index (χ1n) is 6.39. The van der Waals surface area contributed by atoms with Gasteiger partial charge in [0.25, 0.3) is 0 Å². The lowest BCUT2D eigenvalue weighted by Gasteiger charge is -2.29. The monoisotopic (exact) mass is 263 g/mol. The molecule has 1 aromatic rings. The fourth-order valence-electron chi connectivity index (χ4n) is 1.75. The number of rotatable bonds is 7. The van der Waals surface area contributed by atoms with E-state index in [1.807, 2.05) is 24.3 Å². The van der Waals surface area contributed by atoms with E-state index in [9.17, 15) is 0 Å². The molecule has 0 atom stereocenters. The number of ether oxygens (including phenoxy) is 1. The van der Waals surface area contributed by atoms with Crippen molar-refractivity contribution in [3.63, 3.8) is 0 Å². The molecule has 0 aliphatic rings. The molecule has 0 bridgehead atoms. The number of nitriles is 1. The van der Waals surface area contributed by atoms with Gasteiger partial charge in [-0.15, -0.1) is 0 Å². The third-order valence-corrected chi connectivity index (χ3v) is 4.26. The van der Waals surface area contributed by atoms with Crippen LogP contribution >= 0.6 is 12.6 Å². The van der Waals surface area contributed by atoms with Crippen LogP contribution in [-0.2, 0) is 6.42 Å². The number of hydrogen-bond donors (Lipinski definition) is 1. The molecule has 0 heterocycles. The quantitative estimate of drug-likeness (QED) is 0.758. The first-order chi connectivity index (χ1) is 8.69. The fraction of sp³-hybridized carbons (Fsp3) is 0.533. The first-order valence-corrected chi connectivity index (χ1v) is 7.02. The van der Waals surface area contributed by atoms with E-state index in [1.54, 1.807) is 0 Å². The largest absolute Gasteiger partial charge is 0.493 e. The third kappa shape index (κ3) is 3.96. The molecule has 2 nitrogen and oxygen atoms in total. The Morgan fingerprint density at radius 1 is 1.22 bits per heavy atom. The van der Waals surface area contributed by atoms with Crippen LogP contribution in [-0.4, -0.2) is 12.4 Å². The molecule has 0 saturated carbocycles. The van der Waals surface area contributed by atoms with Crippen LogP contribution in [0.25, 0.3) is 0 Å². The van der Waals surface area contributed by atoms with Gasteiger partial charge in [-0.3, -0.25) is 0 Å². The summed E-state index contributed by atoms with van der Waals surface area (Å²) in [5, 5.41) is 8.61. The third-order valence-electron chi connectivity index (χ3n) is 3.59. The molecule has 0 amide bonds. The molecule has 0 aromatic heterocycles. The van der Waals surface area contributed by atoms with Gasteiger partial charge in [0.1, 0.15) is 5.75 Å². The highest BCUT2D eigenvalue weighted by molar-refractivity contribution is 7.80. The zero-order valence-electron chi connectivity index (χ0n) is 11.1. The zero-order valence-corrected chi connectivity index (χ0v) is 12.0. The molecule has 0 saturated heterocycles. The molecule has 3 heteroatoms. The van der Waals surface area contributed by atoms with Gasteiger partial charge in [-0.1, -0.05) is 26.0 Å². The van der Waals surface area contributed by atoms with Gasteiger partial charge in [-0.25, -0.2) is 0 Å². The molecule has 0 aliphatic carbocycles. The van der Waals surface area contributed by atoms with Crippen molar-refractivity contribution in [2.45, 2.75) is 33.1 Å². The van der Waals surface area contributed by atoms with Gasteiger partial charge >= 0.3 is 0 Å².